The summed E-state index contributed by atoms with van der Waals surface area (Å²) in [7, 11) is 0. The van der Waals surface area contributed by atoms with Crippen LogP contribution >= 0.6 is 27.5 Å². The van der Waals surface area contributed by atoms with Gasteiger partial charge in [-0.15, -0.1) is 0 Å². The van der Waals surface area contributed by atoms with Crippen molar-refractivity contribution in [2.24, 2.45) is 0 Å². The monoisotopic (exact) mass is 326 g/mol. The van der Waals surface area contributed by atoms with Crippen molar-refractivity contribution in [3.8, 4) is 0 Å². The molecular weight excluding hydrogens is 319 g/mol. The lowest BCUT2D eigenvalue weighted by molar-refractivity contribution is 0.0992. The molecule has 2 aromatic carbocycles. The molecule has 0 spiro atoms. The van der Waals surface area contributed by atoms with Gasteiger partial charge in [-0.3, -0.25) is 4.79 Å². The van der Waals surface area contributed by atoms with Crippen LogP contribution in [-0.4, -0.2) is 5.78 Å². The van der Waals surface area contributed by atoms with Crippen LogP contribution in [0.1, 0.15) is 15.9 Å². The highest BCUT2D eigenvalue weighted by Crippen LogP contribution is 2.22. The van der Waals surface area contributed by atoms with E-state index in [0.717, 1.165) is 10.0 Å². The summed E-state index contributed by atoms with van der Waals surface area (Å²) in [5.74, 6) is -0.769. The fraction of sp³-hybridized carbons (Fsp3) is 0.0714. The summed E-state index contributed by atoms with van der Waals surface area (Å²) in [6.07, 6.45) is 0.197. The van der Waals surface area contributed by atoms with Crippen LogP contribution < -0.4 is 0 Å². The highest BCUT2D eigenvalue weighted by atomic mass is 79.9. The molecule has 1 nitrogen and oxygen atoms in total. The van der Waals surface area contributed by atoms with Crippen molar-refractivity contribution >= 4 is 33.3 Å². The highest BCUT2D eigenvalue weighted by Gasteiger charge is 2.13. The molecule has 0 N–H and O–H groups in total. The van der Waals surface area contributed by atoms with Crippen LogP contribution in [0.3, 0.4) is 0 Å². The van der Waals surface area contributed by atoms with Crippen LogP contribution in [0.5, 0.6) is 0 Å². The largest absolute Gasteiger partial charge is 0.294 e. The normalized spacial score (nSPS) is 10.4. The zero-order chi connectivity index (χ0) is 13.1. The van der Waals surface area contributed by atoms with Gasteiger partial charge in [-0.25, -0.2) is 4.39 Å². The number of hydrogen-bond acceptors (Lipinski definition) is 1. The van der Waals surface area contributed by atoms with Gasteiger partial charge >= 0.3 is 0 Å². The van der Waals surface area contributed by atoms with E-state index in [0.29, 0.717) is 0 Å². The van der Waals surface area contributed by atoms with Gasteiger partial charge in [-0.2, -0.15) is 0 Å². The van der Waals surface area contributed by atoms with Crippen molar-refractivity contribution in [1.29, 1.82) is 0 Å². The summed E-state index contributed by atoms with van der Waals surface area (Å²) in [6, 6.07) is 11.7. The van der Waals surface area contributed by atoms with Gasteiger partial charge < -0.3 is 0 Å². The molecule has 0 bridgehead atoms. The van der Waals surface area contributed by atoms with E-state index in [9.17, 15) is 9.18 Å². The molecule has 92 valence electrons. The molecule has 0 aromatic heterocycles. The van der Waals surface area contributed by atoms with Gasteiger partial charge in [0.05, 0.1) is 5.02 Å². The molecule has 0 aliphatic heterocycles. The standard InChI is InChI=1S/C14H9BrClFO/c15-10-4-1-3-9(7-10)8-13(18)11-5-2-6-12(17)14(11)16/h1-7H,8H2. The summed E-state index contributed by atoms with van der Waals surface area (Å²) in [5, 5.41) is -0.113. The molecule has 0 atom stereocenters. The smallest absolute Gasteiger partial charge is 0.168 e. The summed E-state index contributed by atoms with van der Waals surface area (Å²) >= 11 is 9.12. The third-order valence-corrected chi connectivity index (χ3v) is 3.38. The minimum absolute atomic E-state index is 0.113. The summed E-state index contributed by atoms with van der Waals surface area (Å²) < 4.78 is 14.2. The Morgan fingerprint density at radius 2 is 1.94 bits per heavy atom. The van der Waals surface area contributed by atoms with Crippen LogP contribution in [0.4, 0.5) is 4.39 Å². The van der Waals surface area contributed by atoms with E-state index in [1.807, 2.05) is 24.3 Å². The van der Waals surface area contributed by atoms with Crippen LogP contribution in [0.25, 0.3) is 0 Å². The van der Waals surface area contributed by atoms with E-state index in [1.165, 1.54) is 18.2 Å². The third-order valence-electron chi connectivity index (χ3n) is 2.51. The quantitative estimate of drug-likeness (QED) is 0.749. The number of Topliss-reactive ketones (excluding diaryl/α,β-unsaturated/α-hetero) is 1. The zero-order valence-electron chi connectivity index (χ0n) is 9.29. The number of rotatable bonds is 3. The predicted octanol–water partition coefficient (Wildman–Crippen LogP) is 4.67. The number of hydrogen-bond donors (Lipinski definition) is 0. The number of benzene rings is 2. The Balaban J connectivity index is 2.25. The molecule has 0 saturated heterocycles. The van der Waals surface area contributed by atoms with Gasteiger partial charge in [0.1, 0.15) is 5.82 Å². The maximum atomic E-state index is 13.3. The number of ketones is 1. The van der Waals surface area contributed by atoms with Gasteiger partial charge in [-0.05, 0) is 29.8 Å². The van der Waals surface area contributed by atoms with Crippen molar-refractivity contribution in [3.63, 3.8) is 0 Å². The SMILES string of the molecule is O=C(Cc1cccc(Br)c1)c1cccc(F)c1Cl. The minimum atomic E-state index is -0.572. The van der Waals surface area contributed by atoms with E-state index in [-0.39, 0.29) is 22.8 Å². The van der Waals surface area contributed by atoms with E-state index in [2.05, 4.69) is 15.9 Å². The average molecular weight is 328 g/mol. The van der Waals surface area contributed by atoms with Crippen molar-refractivity contribution in [3.05, 3.63) is 68.9 Å². The molecule has 0 fully saturated rings. The first-order valence-electron chi connectivity index (χ1n) is 5.29. The topological polar surface area (TPSA) is 17.1 Å². The molecule has 0 aliphatic rings. The number of carbonyl (C=O) groups is 1. The van der Waals surface area contributed by atoms with Crippen molar-refractivity contribution < 1.29 is 9.18 Å². The van der Waals surface area contributed by atoms with Gasteiger partial charge in [0.25, 0.3) is 0 Å². The third kappa shape index (κ3) is 2.98. The Morgan fingerprint density at radius 3 is 2.67 bits per heavy atom. The fourth-order valence-electron chi connectivity index (χ4n) is 1.65. The van der Waals surface area contributed by atoms with Crippen LogP contribution in [-0.2, 0) is 6.42 Å². The Labute approximate surface area is 118 Å². The van der Waals surface area contributed by atoms with Gasteiger partial charge in [0, 0.05) is 16.5 Å². The molecule has 0 aliphatic carbocycles. The Morgan fingerprint density at radius 1 is 1.22 bits per heavy atom. The molecule has 2 rings (SSSR count). The van der Waals surface area contributed by atoms with Crippen LogP contribution in [0.2, 0.25) is 5.02 Å². The van der Waals surface area contributed by atoms with Crippen molar-refractivity contribution in [2.45, 2.75) is 6.42 Å². The maximum absolute atomic E-state index is 13.3. The summed E-state index contributed by atoms with van der Waals surface area (Å²) in [5.41, 5.74) is 1.08. The Bertz CT molecular complexity index is 598. The first-order chi connectivity index (χ1) is 8.58. The average Bonchev–Trinajstić information content (AvgIpc) is 2.32. The molecule has 0 amide bonds. The Hall–Kier alpha value is -1.19. The van der Waals surface area contributed by atoms with Crippen LogP contribution in [0, 0.1) is 5.82 Å². The van der Waals surface area contributed by atoms with Crippen LogP contribution in [0.15, 0.2) is 46.9 Å². The summed E-state index contributed by atoms with van der Waals surface area (Å²) in [6.45, 7) is 0. The molecular formula is C14H9BrClFO. The molecule has 4 heteroatoms. The zero-order valence-corrected chi connectivity index (χ0v) is 11.6. The van der Waals surface area contributed by atoms with E-state index >= 15 is 0 Å². The molecule has 0 radical (unpaired) electrons. The second-order valence-electron chi connectivity index (χ2n) is 3.83. The maximum Gasteiger partial charge on any atom is 0.168 e. The van der Waals surface area contributed by atoms with E-state index < -0.39 is 5.82 Å². The first-order valence-corrected chi connectivity index (χ1v) is 6.46. The molecule has 0 unspecified atom stereocenters. The first kappa shape index (κ1) is 13.2. The van der Waals surface area contributed by atoms with Gasteiger partial charge in [0.2, 0.25) is 0 Å². The second-order valence-corrected chi connectivity index (χ2v) is 5.12. The summed E-state index contributed by atoms with van der Waals surface area (Å²) in [4.78, 5) is 12.0. The minimum Gasteiger partial charge on any atom is -0.294 e. The molecule has 0 saturated carbocycles. The Kier molecular flexibility index (Phi) is 4.15. The number of carbonyl (C=O) groups excluding carboxylic acids is 1. The lowest BCUT2D eigenvalue weighted by Gasteiger charge is -2.05. The predicted molar refractivity (Wildman–Crippen MR) is 73.6 cm³/mol. The lowest BCUT2D eigenvalue weighted by Crippen LogP contribution is -2.05. The molecule has 0 heterocycles. The van der Waals surface area contributed by atoms with E-state index in [4.69, 9.17) is 11.6 Å². The fourth-order valence-corrected chi connectivity index (χ4v) is 2.32. The second kappa shape index (κ2) is 5.63. The van der Waals surface area contributed by atoms with Gasteiger partial charge in [-0.1, -0.05) is 45.7 Å². The molecule has 18 heavy (non-hydrogen) atoms. The van der Waals surface area contributed by atoms with Crippen molar-refractivity contribution in [2.75, 3.05) is 0 Å². The molecule has 2 aromatic rings. The van der Waals surface area contributed by atoms with Crippen molar-refractivity contribution in [1.82, 2.24) is 0 Å². The van der Waals surface area contributed by atoms with E-state index in [1.54, 1.807) is 0 Å². The highest BCUT2D eigenvalue weighted by molar-refractivity contribution is 9.10. The van der Waals surface area contributed by atoms with Gasteiger partial charge in [0.15, 0.2) is 5.78 Å². The number of halogens is 3. The lowest BCUT2D eigenvalue weighted by atomic mass is 10.0.